The van der Waals surface area contributed by atoms with Crippen LogP contribution in [0.25, 0.3) is 5.69 Å². The van der Waals surface area contributed by atoms with Crippen LogP contribution in [-0.2, 0) is 11.2 Å². The van der Waals surface area contributed by atoms with Gasteiger partial charge in [-0.3, -0.25) is 9.36 Å². The first-order valence-electron chi connectivity index (χ1n) is 9.92. The van der Waals surface area contributed by atoms with Crippen molar-refractivity contribution in [2.75, 3.05) is 11.1 Å². The summed E-state index contributed by atoms with van der Waals surface area (Å²) in [5.41, 5.74) is 3.66. The molecule has 0 radical (unpaired) electrons. The van der Waals surface area contributed by atoms with E-state index in [-0.39, 0.29) is 11.7 Å². The van der Waals surface area contributed by atoms with E-state index in [9.17, 15) is 4.79 Å². The van der Waals surface area contributed by atoms with Crippen molar-refractivity contribution in [3.8, 4) is 5.69 Å². The quantitative estimate of drug-likeness (QED) is 0.318. The monoisotopic (exact) mass is 482 g/mol. The molecule has 0 aliphatic heterocycles. The molecule has 0 bridgehead atoms. The number of aryl methyl sites for hydroxylation is 1. The second-order valence-electron chi connectivity index (χ2n) is 7.17. The van der Waals surface area contributed by atoms with E-state index in [1.54, 1.807) is 12.1 Å². The number of anilines is 1. The fourth-order valence-electron chi connectivity index (χ4n) is 3.18. The number of aromatic nitrogens is 3. The van der Waals surface area contributed by atoms with E-state index in [4.69, 9.17) is 23.2 Å². The van der Waals surface area contributed by atoms with Crippen LogP contribution in [0, 0.1) is 6.92 Å². The Bertz CT molecular complexity index is 1230. The van der Waals surface area contributed by atoms with Gasteiger partial charge in [0.05, 0.1) is 5.75 Å². The summed E-state index contributed by atoms with van der Waals surface area (Å²) in [5, 5.41) is 13.5. The topological polar surface area (TPSA) is 59.8 Å². The molecule has 4 aromatic rings. The van der Waals surface area contributed by atoms with Gasteiger partial charge in [0, 0.05) is 27.8 Å². The number of nitrogens with zero attached hydrogens (tertiary/aromatic N) is 3. The molecule has 0 aliphatic carbocycles. The Morgan fingerprint density at radius 3 is 2.44 bits per heavy atom. The van der Waals surface area contributed by atoms with Gasteiger partial charge in [-0.25, -0.2) is 0 Å². The summed E-state index contributed by atoms with van der Waals surface area (Å²) in [6, 6.07) is 23.0. The number of hydrogen-bond donors (Lipinski definition) is 1. The first kappa shape index (κ1) is 22.4. The molecular formula is C24H20Cl2N4OS. The molecular weight excluding hydrogens is 463 g/mol. The number of carbonyl (C=O) groups excluding carboxylic acids is 1. The Balaban J connectivity index is 1.55. The number of hydrogen-bond acceptors (Lipinski definition) is 4. The maximum Gasteiger partial charge on any atom is 0.234 e. The fraction of sp³-hybridized carbons (Fsp3) is 0.125. The number of rotatable bonds is 7. The summed E-state index contributed by atoms with van der Waals surface area (Å²) in [5.74, 6) is 0.825. The molecule has 0 saturated carbocycles. The molecule has 32 heavy (non-hydrogen) atoms. The number of amides is 1. The Morgan fingerprint density at radius 1 is 0.969 bits per heavy atom. The van der Waals surface area contributed by atoms with E-state index >= 15 is 0 Å². The van der Waals surface area contributed by atoms with Gasteiger partial charge in [-0.05, 0) is 54.4 Å². The molecule has 0 unspecified atom stereocenters. The lowest BCUT2D eigenvalue weighted by Crippen LogP contribution is -2.15. The van der Waals surface area contributed by atoms with Crippen LogP contribution >= 0.6 is 35.0 Å². The molecule has 0 atom stereocenters. The molecule has 0 fully saturated rings. The van der Waals surface area contributed by atoms with Crippen LogP contribution in [-0.4, -0.2) is 26.4 Å². The van der Waals surface area contributed by atoms with Crippen LogP contribution in [0.15, 0.2) is 78.0 Å². The van der Waals surface area contributed by atoms with Crippen LogP contribution < -0.4 is 5.32 Å². The highest BCUT2D eigenvalue weighted by Crippen LogP contribution is 2.26. The van der Waals surface area contributed by atoms with Crippen LogP contribution in [0.4, 0.5) is 5.69 Å². The maximum absolute atomic E-state index is 12.6. The molecule has 0 aliphatic rings. The summed E-state index contributed by atoms with van der Waals surface area (Å²) < 4.78 is 1.96. The van der Waals surface area contributed by atoms with Gasteiger partial charge in [0.25, 0.3) is 0 Å². The molecule has 4 rings (SSSR count). The highest BCUT2D eigenvalue weighted by atomic mass is 35.5. The number of nitrogens with one attached hydrogen (secondary N) is 1. The second-order valence-corrected chi connectivity index (χ2v) is 8.98. The highest BCUT2D eigenvalue weighted by Gasteiger charge is 2.17. The lowest BCUT2D eigenvalue weighted by molar-refractivity contribution is -0.113. The minimum atomic E-state index is -0.143. The highest BCUT2D eigenvalue weighted by molar-refractivity contribution is 7.99. The van der Waals surface area contributed by atoms with E-state index < -0.39 is 0 Å². The lowest BCUT2D eigenvalue weighted by Gasteiger charge is -2.11. The predicted octanol–water partition coefficient (Wildman–Crippen LogP) is 6.20. The number of carbonyl (C=O) groups is 1. The third kappa shape index (κ3) is 5.51. The average Bonchev–Trinajstić information content (AvgIpc) is 3.18. The average molecular weight is 483 g/mol. The van der Waals surface area contributed by atoms with Gasteiger partial charge in [0.15, 0.2) is 5.16 Å². The van der Waals surface area contributed by atoms with E-state index in [2.05, 4.69) is 27.6 Å². The predicted molar refractivity (Wildman–Crippen MR) is 131 cm³/mol. The molecule has 1 heterocycles. The third-order valence-corrected chi connectivity index (χ3v) is 6.21. The molecule has 1 aromatic heterocycles. The molecule has 0 saturated heterocycles. The van der Waals surface area contributed by atoms with Gasteiger partial charge < -0.3 is 5.32 Å². The van der Waals surface area contributed by atoms with Gasteiger partial charge in [0.2, 0.25) is 5.91 Å². The normalized spacial score (nSPS) is 10.8. The van der Waals surface area contributed by atoms with Gasteiger partial charge in [0.1, 0.15) is 5.82 Å². The maximum atomic E-state index is 12.6. The van der Waals surface area contributed by atoms with Crippen molar-refractivity contribution in [2.24, 2.45) is 0 Å². The van der Waals surface area contributed by atoms with Crippen molar-refractivity contribution in [1.29, 1.82) is 0 Å². The van der Waals surface area contributed by atoms with Crippen molar-refractivity contribution in [1.82, 2.24) is 14.8 Å². The van der Waals surface area contributed by atoms with Gasteiger partial charge >= 0.3 is 0 Å². The first-order valence-corrected chi connectivity index (χ1v) is 11.7. The first-order chi connectivity index (χ1) is 15.5. The molecule has 1 N–H and O–H groups in total. The zero-order chi connectivity index (χ0) is 22.5. The van der Waals surface area contributed by atoms with Crippen LogP contribution in [0.3, 0.4) is 0 Å². The second kappa shape index (κ2) is 10.2. The van der Waals surface area contributed by atoms with Gasteiger partial charge in [-0.1, -0.05) is 71.4 Å². The van der Waals surface area contributed by atoms with E-state index in [1.165, 1.54) is 11.8 Å². The van der Waals surface area contributed by atoms with Crippen molar-refractivity contribution < 1.29 is 4.79 Å². The van der Waals surface area contributed by atoms with E-state index in [0.717, 1.165) is 22.6 Å². The van der Waals surface area contributed by atoms with Crippen LogP contribution in [0.5, 0.6) is 0 Å². The van der Waals surface area contributed by atoms with Gasteiger partial charge in [-0.2, -0.15) is 0 Å². The molecule has 3 aromatic carbocycles. The number of benzene rings is 3. The molecule has 0 spiro atoms. The van der Waals surface area contributed by atoms with Crippen molar-refractivity contribution in [3.63, 3.8) is 0 Å². The molecule has 8 heteroatoms. The smallest absolute Gasteiger partial charge is 0.234 e. The van der Waals surface area contributed by atoms with Crippen LogP contribution in [0.2, 0.25) is 10.0 Å². The lowest BCUT2D eigenvalue weighted by atomic mass is 10.1. The zero-order valence-electron chi connectivity index (χ0n) is 17.3. The van der Waals surface area contributed by atoms with Crippen molar-refractivity contribution in [3.05, 3.63) is 99.8 Å². The summed E-state index contributed by atoms with van der Waals surface area (Å²) in [6.07, 6.45) is 0.616. The Kier molecular flexibility index (Phi) is 7.15. The Labute approximate surface area is 200 Å². The van der Waals surface area contributed by atoms with E-state index in [0.29, 0.717) is 27.3 Å². The third-order valence-electron chi connectivity index (χ3n) is 4.80. The standard InChI is InChI=1S/C24H20Cl2N4OS/c1-16-7-8-19(26)14-21(16)27-23(31)15-32-24-29-28-22(13-17-5-3-2-4-6-17)30(24)20-11-9-18(25)10-12-20/h2-12,14H,13,15H2,1H3,(H,27,31). The van der Waals surface area contributed by atoms with Crippen molar-refractivity contribution >= 4 is 46.6 Å². The minimum absolute atomic E-state index is 0.143. The summed E-state index contributed by atoms with van der Waals surface area (Å²) in [4.78, 5) is 12.6. The largest absolute Gasteiger partial charge is 0.325 e. The summed E-state index contributed by atoms with van der Waals surface area (Å²) in [7, 11) is 0. The molecule has 5 nitrogen and oxygen atoms in total. The van der Waals surface area contributed by atoms with Gasteiger partial charge in [-0.15, -0.1) is 10.2 Å². The molecule has 162 valence electrons. The Hall–Kier alpha value is -2.80. The van der Waals surface area contributed by atoms with Crippen LogP contribution in [0.1, 0.15) is 17.0 Å². The minimum Gasteiger partial charge on any atom is -0.325 e. The Morgan fingerprint density at radius 2 is 1.69 bits per heavy atom. The number of thioether (sulfide) groups is 1. The SMILES string of the molecule is Cc1ccc(Cl)cc1NC(=O)CSc1nnc(Cc2ccccc2)n1-c1ccc(Cl)cc1. The van der Waals surface area contributed by atoms with E-state index in [1.807, 2.05) is 60.0 Å². The number of halogens is 2. The summed E-state index contributed by atoms with van der Waals surface area (Å²) >= 11 is 13.5. The summed E-state index contributed by atoms with van der Waals surface area (Å²) in [6.45, 7) is 1.92. The molecule has 1 amide bonds. The van der Waals surface area contributed by atoms with Crippen molar-refractivity contribution in [2.45, 2.75) is 18.5 Å². The zero-order valence-corrected chi connectivity index (χ0v) is 19.6. The fourth-order valence-corrected chi connectivity index (χ4v) is 4.25.